The molecule has 5 heteroatoms. The molecular formula is C14H24IN3O. The van der Waals surface area contributed by atoms with Gasteiger partial charge in [-0.25, -0.2) is 4.99 Å². The van der Waals surface area contributed by atoms with Crippen molar-refractivity contribution in [3.05, 3.63) is 35.4 Å². The number of rotatable bonds is 6. The normalized spacial score (nSPS) is 11.3. The van der Waals surface area contributed by atoms with Crippen LogP contribution in [0.1, 0.15) is 31.9 Å². The van der Waals surface area contributed by atoms with Crippen LogP contribution >= 0.6 is 24.0 Å². The fourth-order valence-electron chi connectivity index (χ4n) is 1.48. The standard InChI is InChI=1S/C14H23N3O.HI/c1-4-18-10-13-7-5-12(6-8-13)9-16-14(15)17-11(2)3;/h5-8,11H,4,9-10H2,1-3H3,(H3,15,16,17);1H. The van der Waals surface area contributed by atoms with Crippen LogP contribution in [0.25, 0.3) is 0 Å². The first kappa shape index (κ1) is 18.2. The predicted octanol–water partition coefficient (Wildman–Crippen LogP) is 2.65. The van der Waals surface area contributed by atoms with E-state index in [2.05, 4.69) is 34.6 Å². The largest absolute Gasteiger partial charge is 0.377 e. The van der Waals surface area contributed by atoms with E-state index in [0.717, 1.165) is 12.2 Å². The topological polar surface area (TPSA) is 59.6 Å². The Labute approximate surface area is 132 Å². The van der Waals surface area contributed by atoms with Crippen LogP contribution in [0, 0.1) is 0 Å². The van der Waals surface area contributed by atoms with E-state index >= 15 is 0 Å². The van der Waals surface area contributed by atoms with Gasteiger partial charge >= 0.3 is 0 Å². The maximum atomic E-state index is 5.74. The molecule has 1 aromatic rings. The average molecular weight is 377 g/mol. The van der Waals surface area contributed by atoms with E-state index in [1.165, 1.54) is 5.56 Å². The van der Waals surface area contributed by atoms with Gasteiger partial charge in [-0.2, -0.15) is 0 Å². The summed E-state index contributed by atoms with van der Waals surface area (Å²) in [5, 5.41) is 3.06. The molecule has 19 heavy (non-hydrogen) atoms. The number of guanidine groups is 1. The average Bonchev–Trinajstić information content (AvgIpc) is 2.34. The van der Waals surface area contributed by atoms with Gasteiger partial charge in [-0.05, 0) is 31.9 Å². The maximum absolute atomic E-state index is 5.74. The third-order valence-electron chi connectivity index (χ3n) is 2.36. The maximum Gasteiger partial charge on any atom is 0.189 e. The van der Waals surface area contributed by atoms with Crippen LogP contribution < -0.4 is 11.1 Å². The Morgan fingerprint density at radius 1 is 1.26 bits per heavy atom. The van der Waals surface area contributed by atoms with Crippen LogP contribution in [0.5, 0.6) is 0 Å². The lowest BCUT2D eigenvalue weighted by atomic mass is 10.1. The number of halogens is 1. The molecule has 0 fully saturated rings. The SMILES string of the molecule is CCOCc1ccc(CN=C(N)NC(C)C)cc1.I. The summed E-state index contributed by atoms with van der Waals surface area (Å²) in [6.07, 6.45) is 0. The van der Waals surface area contributed by atoms with E-state index in [0.29, 0.717) is 25.2 Å². The second-order valence-electron chi connectivity index (χ2n) is 4.45. The minimum absolute atomic E-state index is 0. The first-order valence-electron chi connectivity index (χ1n) is 6.33. The Kier molecular flexibility index (Phi) is 9.59. The molecule has 0 spiro atoms. The molecule has 0 radical (unpaired) electrons. The summed E-state index contributed by atoms with van der Waals surface area (Å²) in [5.41, 5.74) is 8.06. The third-order valence-corrected chi connectivity index (χ3v) is 2.36. The molecule has 1 aromatic carbocycles. The van der Waals surface area contributed by atoms with Crippen molar-refractivity contribution in [3.63, 3.8) is 0 Å². The predicted molar refractivity (Wildman–Crippen MR) is 90.8 cm³/mol. The Morgan fingerprint density at radius 3 is 2.37 bits per heavy atom. The molecule has 0 aliphatic carbocycles. The highest BCUT2D eigenvalue weighted by molar-refractivity contribution is 14.0. The summed E-state index contributed by atoms with van der Waals surface area (Å²) in [6.45, 7) is 8.06. The molecule has 0 heterocycles. The van der Waals surface area contributed by atoms with Gasteiger partial charge in [0.25, 0.3) is 0 Å². The molecule has 0 aliphatic heterocycles. The van der Waals surface area contributed by atoms with Crippen molar-refractivity contribution in [3.8, 4) is 0 Å². The molecule has 0 aliphatic rings. The highest BCUT2D eigenvalue weighted by atomic mass is 127. The van der Waals surface area contributed by atoms with Crippen LogP contribution in [0.15, 0.2) is 29.3 Å². The van der Waals surface area contributed by atoms with Crippen molar-refractivity contribution in [1.29, 1.82) is 0 Å². The van der Waals surface area contributed by atoms with E-state index in [1.807, 2.05) is 20.8 Å². The summed E-state index contributed by atoms with van der Waals surface area (Å²) in [6, 6.07) is 8.54. The van der Waals surface area contributed by atoms with Crippen molar-refractivity contribution in [1.82, 2.24) is 5.32 Å². The summed E-state index contributed by atoms with van der Waals surface area (Å²) in [4.78, 5) is 4.28. The fraction of sp³-hybridized carbons (Fsp3) is 0.500. The molecule has 0 aromatic heterocycles. The van der Waals surface area contributed by atoms with Crippen molar-refractivity contribution >= 4 is 29.9 Å². The second-order valence-corrected chi connectivity index (χ2v) is 4.45. The number of ether oxygens (including phenoxy) is 1. The summed E-state index contributed by atoms with van der Waals surface area (Å²) >= 11 is 0. The van der Waals surface area contributed by atoms with E-state index in [-0.39, 0.29) is 24.0 Å². The number of benzene rings is 1. The van der Waals surface area contributed by atoms with Crippen molar-refractivity contribution < 1.29 is 4.74 Å². The van der Waals surface area contributed by atoms with Crippen LogP contribution in [0.2, 0.25) is 0 Å². The van der Waals surface area contributed by atoms with Gasteiger partial charge in [-0.3, -0.25) is 0 Å². The van der Waals surface area contributed by atoms with Crippen LogP contribution in [0.3, 0.4) is 0 Å². The fourth-order valence-corrected chi connectivity index (χ4v) is 1.48. The van der Waals surface area contributed by atoms with E-state index in [4.69, 9.17) is 10.5 Å². The molecule has 0 unspecified atom stereocenters. The molecule has 4 nitrogen and oxygen atoms in total. The summed E-state index contributed by atoms with van der Waals surface area (Å²) < 4.78 is 5.34. The van der Waals surface area contributed by atoms with E-state index in [1.54, 1.807) is 0 Å². The molecule has 108 valence electrons. The van der Waals surface area contributed by atoms with Crippen LogP contribution in [-0.2, 0) is 17.9 Å². The van der Waals surface area contributed by atoms with Gasteiger partial charge in [-0.15, -0.1) is 24.0 Å². The minimum atomic E-state index is 0. The number of aliphatic imine (C=N–C) groups is 1. The molecular weight excluding hydrogens is 353 g/mol. The minimum Gasteiger partial charge on any atom is -0.377 e. The number of nitrogens with two attached hydrogens (primary N) is 1. The number of nitrogens with one attached hydrogen (secondary N) is 1. The lowest BCUT2D eigenvalue weighted by Crippen LogP contribution is -2.36. The van der Waals surface area contributed by atoms with Gasteiger partial charge in [0, 0.05) is 12.6 Å². The van der Waals surface area contributed by atoms with Crippen molar-refractivity contribution in [2.75, 3.05) is 6.61 Å². The van der Waals surface area contributed by atoms with Gasteiger partial charge in [0.05, 0.1) is 13.2 Å². The molecule has 1 rings (SSSR count). The zero-order chi connectivity index (χ0) is 13.4. The third kappa shape index (κ3) is 8.05. The molecule has 3 N–H and O–H groups in total. The molecule has 0 bridgehead atoms. The van der Waals surface area contributed by atoms with Gasteiger partial charge in [0.1, 0.15) is 0 Å². The Morgan fingerprint density at radius 2 is 1.84 bits per heavy atom. The number of hydrogen-bond acceptors (Lipinski definition) is 2. The zero-order valence-electron chi connectivity index (χ0n) is 11.8. The molecule has 0 saturated carbocycles. The zero-order valence-corrected chi connectivity index (χ0v) is 14.2. The van der Waals surface area contributed by atoms with Gasteiger partial charge in [0.15, 0.2) is 5.96 Å². The summed E-state index contributed by atoms with van der Waals surface area (Å²) in [5.74, 6) is 0.489. The van der Waals surface area contributed by atoms with E-state index < -0.39 is 0 Å². The highest BCUT2D eigenvalue weighted by Crippen LogP contribution is 2.06. The van der Waals surface area contributed by atoms with Crippen molar-refractivity contribution in [2.24, 2.45) is 10.7 Å². The van der Waals surface area contributed by atoms with Gasteiger partial charge in [0.2, 0.25) is 0 Å². The highest BCUT2D eigenvalue weighted by Gasteiger charge is 1.97. The number of hydrogen-bond donors (Lipinski definition) is 2. The first-order chi connectivity index (χ1) is 8.61. The Balaban J connectivity index is 0.00000324. The van der Waals surface area contributed by atoms with Crippen LogP contribution in [-0.4, -0.2) is 18.6 Å². The monoisotopic (exact) mass is 377 g/mol. The first-order valence-corrected chi connectivity index (χ1v) is 6.33. The lowest BCUT2D eigenvalue weighted by Gasteiger charge is -2.08. The Hall–Kier alpha value is -0.820. The lowest BCUT2D eigenvalue weighted by molar-refractivity contribution is 0.134. The quantitative estimate of drug-likeness (QED) is 0.455. The smallest absolute Gasteiger partial charge is 0.189 e. The van der Waals surface area contributed by atoms with E-state index in [9.17, 15) is 0 Å². The van der Waals surface area contributed by atoms with Crippen molar-refractivity contribution in [2.45, 2.75) is 40.0 Å². The van der Waals surface area contributed by atoms with Crippen LogP contribution in [0.4, 0.5) is 0 Å². The molecule has 0 atom stereocenters. The Bertz CT molecular complexity index is 377. The molecule has 0 saturated heterocycles. The molecule has 0 amide bonds. The summed E-state index contributed by atoms with van der Waals surface area (Å²) in [7, 11) is 0. The van der Waals surface area contributed by atoms with Gasteiger partial charge in [-0.1, -0.05) is 24.3 Å². The second kappa shape index (κ2) is 10.0. The number of nitrogens with zero attached hydrogens (tertiary/aromatic N) is 1. The van der Waals surface area contributed by atoms with Gasteiger partial charge < -0.3 is 15.8 Å².